The van der Waals surface area contributed by atoms with Crippen LogP contribution in [-0.4, -0.2) is 15.5 Å². The van der Waals surface area contributed by atoms with Crippen LogP contribution in [0.15, 0.2) is 77.3 Å². The highest BCUT2D eigenvalue weighted by Gasteiger charge is 2.13. The summed E-state index contributed by atoms with van der Waals surface area (Å²) in [6.07, 6.45) is 0. The van der Waals surface area contributed by atoms with Crippen LogP contribution in [0.5, 0.6) is 0 Å². The van der Waals surface area contributed by atoms with E-state index in [1.54, 1.807) is 24.3 Å². The Kier molecular flexibility index (Phi) is 5.46. The minimum atomic E-state index is -0.176. The Morgan fingerprint density at radius 2 is 1.82 bits per heavy atom. The summed E-state index contributed by atoms with van der Waals surface area (Å²) in [6.45, 7) is 1.01. The number of hydrogen-bond acceptors (Lipinski definition) is 2. The van der Waals surface area contributed by atoms with E-state index in [-0.39, 0.29) is 5.91 Å². The predicted molar refractivity (Wildman–Crippen MR) is 116 cm³/mol. The van der Waals surface area contributed by atoms with E-state index in [1.807, 2.05) is 36.4 Å². The van der Waals surface area contributed by atoms with E-state index in [2.05, 4.69) is 37.9 Å². The van der Waals surface area contributed by atoms with Gasteiger partial charge in [-0.3, -0.25) is 4.79 Å². The van der Waals surface area contributed by atoms with Gasteiger partial charge in [-0.2, -0.15) is 0 Å². The first-order chi connectivity index (χ1) is 13.6. The van der Waals surface area contributed by atoms with Crippen LogP contribution in [0.1, 0.15) is 21.7 Å². The van der Waals surface area contributed by atoms with Crippen LogP contribution in [0.4, 0.5) is 0 Å². The number of amides is 1. The normalized spacial score (nSPS) is 10.9. The molecule has 1 heterocycles. The Balaban J connectivity index is 1.61. The monoisotopic (exact) mass is 453 g/mol. The van der Waals surface area contributed by atoms with E-state index in [0.717, 1.165) is 26.9 Å². The molecule has 4 rings (SSSR count). The van der Waals surface area contributed by atoms with Gasteiger partial charge in [0, 0.05) is 21.6 Å². The van der Waals surface area contributed by atoms with Gasteiger partial charge in [-0.05, 0) is 48.0 Å². The Hall–Kier alpha value is -2.63. The molecule has 0 fully saturated rings. The van der Waals surface area contributed by atoms with Gasteiger partial charge in [-0.1, -0.05) is 57.9 Å². The molecule has 6 heteroatoms. The van der Waals surface area contributed by atoms with Crippen LogP contribution < -0.4 is 5.32 Å². The molecule has 0 bridgehead atoms. The van der Waals surface area contributed by atoms with Crippen LogP contribution in [-0.2, 0) is 13.1 Å². The average molecular weight is 455 g/mol. The molecule has 0 spiro atoms. The molecule has 0 atom stereocenters. The number of halogens is 2. The van der Waals surface area contributed by atoms with Crippen molar-refractivity contribution in [2.45, 2.75) is 13.1 Å². The Morgan fingerprint density at radius 1 is 1.04 bits per heavy atom. The molecule has 1 N–H and O–H groups in total. The van der Waals surface area contributed by atoms with Crippen molar-refractivity contribution in [2.75, 3.05) is 0 Å². The molecular formula is C22H17BrClN3O. The maximum atomic E-state index is 12.5. The molecule has 140 valence electrons. The number of rotatable bonds is 5. The fourth-order valence-electron chi connectivity index (χ4n) is 3.10. The van der Waals surface area contributed by atoms with Crippen LogP contribution in [0.25, 0.3) is 11.0 Å². The van der Waals surface area contributed by atoms with Gasteiger partial charge in [0.05, 0.1) is 17.6 Å². The maximum Gasteiger partial charge on any atom is 0.251 e. The van der Waals surface area contributed by atoms with Gasteiger partial charge in [-0.25, -0.2) is 4.98 Å². The van der Waals surface area contributed by atoms with Crippen molar-refractivity contribution in [2.24, 2.45) is 0 Å². The van der Waals surface area contributed by atoms with Gasteiger partial charge < -0.3 is 9.88 Å². The van der Waals surface area contributed by atoms with Crippen LogP contribution >= 0.6 is 27.5 Å². The van der Waals surface area contributed by atoms with E-state index in [1.165, 1.54) is 0 Å². The topological polar surface area (TPSA) is 46.9 Å². The van der Waals surface area contributed by atoms with E-state index >= 15 is 0 Å². The zero-order valence-electron chi connectivity index (χ0n) is 14.9. The highest BCUT2D eigenvalue weighted by atomic mass is 79.9. The summed E-state index contributed by atoms with van der Waals surface area (Å²) in [6, 6.07) is 23.1. The van der Waals surface area contributed by atoms with Gasteiger partial charge in [0.15, 0.2) is 0 Å². The largest absolute Gasteiger partial charge is 0.345 e. The minimum Gasteiger partial charge on any atom is -0.345 e. The Morgan fingerprint density at radius 3 is 2.61 bits per heavy atom. The van der Waals surface area contributed by atoms with Gasteiger partial charge in [-0.15, -0.1) is 0 Å². The molecule has 4 aromatic rings. The third kappa shape index (κ3) is 4.11. The quantitative estimate of drug-likeness (QED) is 0.437. The third-order valence-electron chi connectivity index (χ3n) is 4.48. The molecule has 0 aliphatic carbocycles. The Labute approximate surface area is 176 Å². The fourth-order valence-corrected chi connectivity index (χ4v) is 3.55. The molecule has 0 radical (unpaired) electrons. The van der Waals surface area contributed by atoms with Crippen molar-refractivity contribution in [1.82, 2.24) is 14.9 Å². The molecule has 28 heavy (non-hydrogen) atoms. The lowest BCUT2D eigenvalue weighted by Crippen LogP contribution is -2.24. The molecule has 0 saturated carbocycles. The number of imidazole rings is 1. The van der Waals surface area contributed by atoms with Crippen molar-refractivity contribution in [1.29, 1.82) is 0 Å². The fraction of sp³-hybridized carbons (Fsp3) is 0.0909. The zero-order valence-corrected chi connectivity index (χ0v) is 17.2. The molecule has 0 aliphatic heterocycles. The summed E-state index contributed by atoms with van der Waals surface area (Å²) in [5.41, 5.74) is 3.64. The van der Waals surface area contributed by atoms with E-state index in [4.69, 9.17) is 16.6 Å². The number of carbonyl (C=O) groups excluding carboxylic acids is 1. The zero-order chi connectivity index (χ0) is 19.5. The molecular weight excluding hydrogens is 438 g/mol. The SMILES string of the molecule is O=C(NCc1nc2ccccc2n1Cc1ccc(Br)cc1)c1cccc(Cl)c1. The highest BCUT2D eigenvalue weighted by molar-refractivity contribution is 9.10. The van der Waals surface area contributed by atoms with E-state index < -0.39 is 0 Å². The molecule has 0 aliphatic rings. The lowest BCUT2D eigenvalue weighted by atomic mass is 10.2. The summed E-state index contributed by atoms with van der Waals surface area (Å²) in [7, 11) is 0. The predicted octanol–water partition coefficient (Wildman–Crippen LogP) is 5.43. The number of fused-ring (bicyclic) bond motifs is 1. The number of nitrogens with one attached hydrogen (secondary N) is 1. The van der Waals surface area contributed by atoms with Crippen molar-refractivity contribution in [3.8, 4) is 0 Å². The van der Waals surface area contributed by atoms with Gasteiger partial charge in [0.2, 0.25) is 0 Å². The number of nitrogens with zero attached hydrogens (tertiary/aromatic N) is 2. The number of hydrogen-bond donors (Lipinski definition) is 1. The smallest absolute Gasteiger partial charge is 0.251 e. The Bertz CT molecular complexity index is 1140. The summed E-state index contributed by atoms with van der Waals surface area (Å²) >= 11 is 9.46. The average Bonchev–Trinajstić information content (AvgIpc) is 3.05. The highest BCUT2D eigenvalue weighted by Crippen LogP contribution is 2.19. The summed E-state index contributed by atoms with van der Waals surface area (Å²) in [4.78, 5) is 17.2. The first-order valence-corrected chi connectivity index (χ1v) is 9.99. The second kappa shape index (κ2) is 8.17. The number of benzene rings is 3. The maximum absolute atomic E-state index is 12.5. The van der Waals surface area contributed by atoms with Crippen LogP contribution in [0.2, 0.25) is 5.02 Å². The summed E-state index contributed by atoms with van der Waals surface area (Å²) < 4.78 is 3.18. The summed E-state index contributed by atoms with van der Waals surface area (Å²) in [5.74, 6) is 0.629. The lowest BCUT2D eigenvalue weighted by Gasteiger charge is -2.11. The number of carbonyl (C=O) groups is 1. The minimum absolute atomic E-state index is 0.176. The van der Waals surface area contributed by atoms with Crippen molar-refractivity contribution < 1.29 is 4.79 Å². The first-order valence-electron chi connectivity index (χ1n) is 8.82. The van der Waals surface area contributed by atoms with E-state index in [0.29, 0.717) is 23.7 Å². The van der Waals surface area contributed by atoms with Gasteiger partial charge in [0.25, 0.3) is 5.91 Å². The number of para-hydroxylation sites is 2. The standard InChI is InChI=1S/C22H17BrClN3O/c23-17-10-8-15(9-11-17)14-27-20-7-2-1-6-19(20)26-21(27)13-25-22(28)16-4-3-5-18(24)12-16/h1-12H,13-14H2,(H,25,28). The second-order valence-corrected chi connectivity index (χ2v) is 7.77. The lowest BCUT2D eigenvalue weighted by molar-refractivity contribution is 0.0949. The van der Waals surface area contributed by atoms with E-state index in [9.17, 15) is 4.79 Å². The number of aromatic nitrogens is 2. The molecule has 0 saturated heterocycles. The van der Waals surface area contributed by atoms with Crippen LogP contribution in [0, 0.1) is 0 Å². The molecule has 1 amide bonds. The van der Waals surface area contributed by atoms with Crippen molar-refractivity contribution in [3.05, 3.63) is 99.2 Å². The molecule has 3 aromatic carbocycles. The van der Waals surface area contributed by atoms with Crippen molar-refractivity contribution in [3.63, 3.8) is 0 Å². The van der Waals surface area contributed by atoms with Gasteiger partial charge >= 0.3 is 0 Å². The van der Waals surface area contributed by atoms with Crippen LogP contribution in [0.3, 0.4) is 0 Å². The first kappa shape index (κ1) is 18.7. The third-order valence-corrected chi connectivity index (χ3v) is 5.25. The van der Waals surface area contributed by atoms with Crippen molar-refractivity contribution >= 4 is 44.5 Å². The second-order valence-electron chi connectivity index (χ2n) is 6.42. The summed E-state index contributed by atoms with van der Waals surface area (Å²) in [5, 5.41) is 3.49. The molecule has 4 nitrogen and oxygen atoms in total. The molecule has 0 unspecified atom stereocenters. The van der Waals surface area contributed by atoms with Gasteiger partial charge in [0.1, 0.15) is 5.82 Å². The molecule has 1 aromatic heterocycles.